The second-order valence-electron chi connectivity index (χ2n) is 12.3. The summed E-state index contributed by atoms with van der Waals surface area (Å²) >= 11 is 0. The lowest BCUT2D eigenvalue weighted by Gasteiger charge is -2.41. The second-order valence-corrected chi connectivity index (χ2v) is 15.0. The normalized spacial score (nSPS) is 31.2. The van der Waals surface area contributed by atoms with Crippen LogP contribution in [-0.4, -0.2) is 78.3 Å². The molecule has 34 heavy (non-hydrogen) atoms. The van der Waals surface area contributed by atoms with Gasteiger partial charge < -0.3 is 30.0 Å². The first-order valence-corrected chi connectivity index (χ1v) is 14.9. The smallest absolute Gasteiger partial charge is 0.221 e. The Balaban J connectivity index is 2.04. The van der Waals surface area contributed by atoms with Crippen LogP contribution in [0.15, 0.2) is 0 Å². The molecule has 7 nitrogen and oxygen atoms in total. The van der Waals surface area contributed by atoms with Crippen molar-refractivity contribution >= 4 is 27.5 Å². The predicted octanol–water partition coefficient (Wildman–Crippen LogP) is 4.17. The highest BCUT2D eigenvalue weighted by Gasteiger charge is 2.69. The highest BCUT2D eigenvalue weighted by molar-refractivity contribution is 8.76. The predicted molar refractivity (Wildman–Crippen MR) is 142 cm³/mol. The first kappa shape index (κ1) is 30.2. The Morgan fingerprint density at radius 2 is 1.71 bits per heavy atom. The van der Waals surface area contributed by atoms with Crippen LogP contribution in [0.1, 0.15) is 75.2 Å². The largest absolute Gasteiger partial charge is 0.382 e. The standard InChI is InChI=1S/C25H48N2O5S2/c1-20(2,18-23(7,30-18)16-29-10)14-21(3,4)32-22(5,6)19-25(9,31-19)24(8,15-26)27-17(28)12-13-34-33-11/h18-19H,12-16,26H2,1-11H3,(H,27,28). The van der Waals surface area contributed by atoms with Crippen LogP contribution in [0.3, 0.4) is 0 Å². The van der Waals surface area contributed by atoms with Crippen LogP contribution in [0.2, 0.25) is 0 Å². The van der Waals surface area contributed by atoms with Crippen molar-refractivity contribution in [3.63, 3.8) is 0 Å². The summed E-state index contributed by atoms with van der Waals surface area (Å²) in [5.74, 6) is 0.760. The van der Waals surface area contributed by atoms with Gasteiger partial charge in [-0.15, -0.1) is 0 Å². The van der Waals surface area contributed by atoms with E-state index in [1.807, 2.05) is 20.1 Å². The van der Waals surface area contributed by atoms with Crippen LogP contribution >= 0.6 is 21.6 Å². The fourth-order valence-electron chi connectivity index (χ4n) is 6.01. The molecule has 0 aromatic rings. The molecule has 2 rings (SSSR count). The zero-order chi connectivity index (χ0) is 26.2. The number of epoxide rings is 2. The summed E-state index contributed by atoms with van der Waals surface area (Å²) in [6, 6.07) is 0. The minimum Gasteiger partial charge on any atom is -0.382 e. The molecule has 5 unspecified atom stereocenters. The average Bonchev–Trinajstić information content (AvgIpc) is 3.56. The van der Waals surface area contributed by atoms with E-state index in [1.54, 1.807) is 28.7 Å². The average molecular weight is 521 g/mol. The minimum atomic E-state index is -0.688. The van der Waals surface area contributed by atoms with Gasteiger partial charge in [0.15, 0.2) is 0 Å². The number of nitrogens with one attached hydrogen (secondary N) is 1. The van der Waals surface area contributed by atoms with E-state index in [0.29, 0.717) is 13.0 Å². The topological polar surface area (TPSA) is 98.6 Å². The van der Waals surface area contributed by atoms with Crippen LogP contribution < -0.4 is 11.1 Å². The zero-order valence-electron chi connectivity index (χ0n) is 23.1. The van der Waals surface area contributed by atoms with Crippen LogP contribution in [0.5, 0.6) is 0 Å². The first-order valence-electron chi connectivity index (χ1n) is 12.1. The van der Waals surface area contributed by atoms with Crippen LogP contribution in [0.25, 0.3) is 0 Å². The van der Waals surface area contributed by atoms with Crippen molar-refractivity contribution in [2.24, 2.45) is 11.1 Å². The Morgan fingerprint density at radius 3 is 2.24 bits per heavy atom. The van der Waals surface area contributed by atoms with Gasteiger partial charge >= 0.3 is 0 Å². The van der Waals surface area contributed by atoms with Gasteiger partial charge in [-0.3, -0.25) is 4.79 Å². The minimum absolute atomic E-state index is 0.00526. The van der Waals surface area contributed by atoms with Crippen molar-refractivity contribution < 1.29 is 23.7 Å². The van der Waals surface area contributed by atoms with Crippen molar-refractivity contribution in [1.29, 1.82) is 0 Å². The molecule has 3 N–H and O–H groups in total. The third kappa shape index (κ3) is 6.64. The van der Waals surface area contributed by atoms with E-state index in [4.69, 9.17) is 24.7 Å². The Kier molecular flexibility index (Phi) is 9.22. The summed E-state index contributed by atoms with van der Waals surface area (Å²) in [6.45, 7) is 19.8. The Labute approximate surface area is 215 Å². The molecule has 0 bridgehead atoms. The lowest BCUT2D eigenvalue weighted by Crippen LogP contribution is -2.62. The third-order valence-corrected chi connectivity index (χ3v) is 9.15. The van der Waals surface area contributed by atoms with Crippen molar-refractivity contribution in [2.75, 3.05) is 32.3 Å². The second kappa shape index (κ2) is 10.4. The molecule has 0 aromatic carbocycles. The monoisotopic (exact) mass is 520 g/mol. The number of carbonyl (C=O) groups is 1. The molecule has 9 heteroatoms. The number of rotatable bonds is 15. The van der Waals surface area contributed by atoms with Crippen LogP contribution in [-0.2, 0) is 23.7 Å². The lowest BCUT2D eigenvalue weighted by molar-refractivity contribution is -0.149. The maximum Gasteiger partial charge on any atom is 0.221 e. The lowest BCUT2D eigenvalue weighted by atomic mass is 9.75. The van der Waals surface area contributed by atoms with Crippen molar-refractivity contribution in [3.8, 4) is 0 Å². The quantitative estimate of drug-likeness (QED) is 0.189. The van der Waals surface area contributed by atoms with E-state index < -0.39 is 22.3 Å². The summed E-state index contributed by atoms with van der Waals surface area (Å²) < 4.78 is 24.4. The van der Waals surface area contributed by atoms with E-state index in [2.05, 4.69) is 53.8 Å². The number of nitrogens with two attached hydrogens (primary N) is 1. The zero-order valence-corrected chi connectivity index (χ0v) is 24.8. The number of methoxy groups -OCH3 is 1. The molecular formula is C25H48N2O5S2. The fourth-order valence-corrected chi connectivity index (χ4v) is 7.20. The van der Waals surface area contributed by atoms with Gasteiger partial charge in [-0.05, 0) is 66.6 Å². The molecule has 0 saturated carbocycles. The Bertz CT molecular complexity index is 734. The maximum absolute atomic E-state index is 12.6. The van der Waals surface area contributed by atoms with Gasteiger partial charge in [0.05, 0.1) is 29.5 Å². The SMILES string of the molecule is COCC1(C)OC1C(C)(C)CC(C)(C)OC(C)(C)C1OC1(C)C(C)(CN)NC(=O)CCSSC. The van der Waals surface area contributed by atoms with Crippen molar-refractivity contribution in [1.82, 2.24) is 5.32 Å². The molecule has 2 saturated heterocycles. The van der Waals surface area contributed by atoms with Gasteiger partial charge in [-0.25, -0.2) is 0 Å². The van der Waals surface area contributed by atoms with Crippen molar-refractivity contribution in [3.05, 3.63) is 0 Å². The Hall–Kier alpha value is -0.0300. The van der Waals surface area contributed by atoms with Gasteiger partial charge in [-0.1, -0.05) is 35.4 Å². The number of carbonyl (C=O) groups excluding carboxylic acids is 1. The van der Waals surface area contributed by atoms with Crippen LogP contribution in [0.4, 0.5) is 0 Å². The highest BCUT2D eigenvalue weighted by Crippen LogP contribution is 2.54. The molecular weight excluding hydrogens is 472 g/mol. The molecule has 2 heterocycles. The van der Waals surface area contributed by atoms with E-state index in [9.17, 15) is 4.79 Å². The molecule has 1 amide bonds. The Morgan fingerprint density at radius 1 is 1.09 bits per heavy atom. The summed E-state index contributed by atoms with van der Waals surface area (Å²) in [5, 5.41) is 3.16. The number of amides is 1. The van der Waals surface area contributed by atoms with E-state index in [1.165, 1.54) is 0 Å². The van der Waals surface area contributed by atoms with Gasteiger partial charge in [0.25, 0.3) is 0 Å². The van der Waals surface area contributed by atoms with E-state index >= 15 is 0 Å². The molecule has 0 spiro atoms. The summed E-state index contributed by atoms with van der Waals surface area (Å²) in [6.07, 6.45) is 3.20. The van der Waals surface area contributed by atoms with Crippen molar-refractivity contribution in [2.45, 2.75) is 115 Å². The summed E-state index contributed by atoms with van der Waals surface area (Å²) in [4.78, 5) is 12.6. The molecule has 2 fully saturated rings. The first-order chi connectivity index (χ1) is 15.4. The third-order valence-electron chi connectivity index (χ3n) is 7.33. The molecule has 0 radical (unpaired) electrons. The van der Waals surface area contributed by atoms with E-state index in [-0.39, 0.29) is 35.7 Å². The molecule has 0 aromatic heterocycles. The van der Waals surface area contributed by atoms with Gasteiger partial charge in [0.2, 0.25) is 5.91 Å². The van der Waals surface area contributed by atoms with Gasteiger partial charge in [0.1, 0.15) is 17.3 Å². The molecule has 2 aliphatic heterocycles. The highest BCUT2D eigenvalue weighted by atomic mass is 33.1. The summed E-state index contributed by atoms with van der Waals surface area (Å²) in [7, 11) is 5.05. The molecule has 2 aliphatic rings. The summed E-state index contributed by atoms with van der Waals surface area (Å²) in [5.41, 5.74) is 3.55. The van der Waals surface area contributed by atoms with E-state index in [0.717, 1.165) is 12.2 Å². The van der Waals surface area contributed by atoms with Gasteiger partial charge in [-0.2, -0.15) is 0 Å². The number of ether oxygens (including phenoxy) is 4. The van der Waals surface area contributed by atoms with Gasteiger partial charge in [0, 0.05) is 25.8 Å². The fraction of sp³-hybridized carbons (Fsp3) is 0.960. The maximum atomic E-state index is 12.6. The molecule has 200 valence electrons. The number of hydrogen-bond donors (Lipinski definition) is 2. The van der Waals surface area contributed by atoms with Crippen LogP contribution in [0, 0.1) is 5.41 Å². The molecule has 5 atom stereocenters. The number of hydrogen-bond acceptors (Lipinski definition) is 8. The molecule has 0 aliphatic carbocycles.